The first-order valence-electron chi connectivity index (χ1n) is 26.0. The summed E-state index contributed by atoms with van der Waals surface area (Å²) in [6, 6.07) is 78.1. The lowest BCUT2D eigenvalue weighted by molar-refractivity contribution is 0.768. The molecule has 73 heavy (non-hydrogen) atoms. The Morgan fingerprint density at radius 2 is 0.986 bits per heavy atom. The molecule has 1 aromatic heterocycles. The van der Waals surface area contributed by atoms with Crippen molar-refractivity contribution in [3.05, 3.63) is 274 Å². The average Bonchev–Trinajstić information content (AvgIpc) is 3.93. The first-order valence-corrected chi connectivity index (χ1v) is 26.8. The maximum absolute atomic E-state index is 3.30. The standard InChI is InChI=1S/C45H37N.C13H10S.C10H15N.C2H6/c1-30-22-25-36(26-23-30)46(42-21-13-14-32(3)33(42)4)43-29-41-44(38-20-12-11-19-37(38)43)39-27-24-31(2)28-40(39)45(41,34-15-7-5-8-16-34)35-17-9-6-10-18-35;1-9-6-7-13-11(8-9)10-4-2-3-5-12(10)14-13;1-4-11-10-6-5-8(2)7-9(10)3;1-2/h5-29H,1-4H3;2-8H,1H3;5-7,11H,4H2,1-3H3;1-2H3. The van der Waals surface area contributed by atoms with Crippen LogP contribution < -0.4 is 10.2 Å². The Hall–Kier alpha value is -7.72. The SMILES string of the molecule is CC.CCNc1ccc(C)cc1C.Cc1ccc(N(c2cccc(C)c2C)c2cc3c(c4ccccc24)-c2ccc(C)cc2C3(c2ccccc2)c2ccccc2)cc1.Cc1ccc2sc3ccccc3c2c1. The molecule has 0 saturated heterocycles. The van der Waals surface area contributed by atoms with Crippen LogP contribution in [-0.4, -0.2) is 6.54 Å². The topological polar surface area (TPSA) is 15.3 Å². The summed E-state index contributed by atoms with van der Waals surface area (Å²) in [6.45, 7) is 22.3. The van der Waals surface area contributed by atoms with E-state index in [9.17, 15) is 0 Å². The molecule has 0 saturated carbocycles. The summed E-state index contributed by atoms with van der Waals surface area (Å²) in [4.78, 5) is 2.49. The van der Waals surface area contributed by atoms with Crippen LogP contribution in [0.3, 0.4) is 0 Å². The van der Waals surface area contributed by atoms with E-state index in [0.29, 0.717) is 0 Å². The summed E-state index contributed by atoms with van der Waals surface area (Å²) in [5, 5.41) is 8.60. The van der Waals surface area contributed by atoms with E-state index in [0.717, 1.165) is 12.2 Å². The average molecular weight is 969 g/mol. The molecule has 1 heterocycles. The molecule has 0 spiro atoms. The molecular formula is C70H68N2S. The minimum atomic E-state index is -0.488. The third-order valence-electron chi connectivity index (χ3n) is 14.3. The first-order chi connectivity index (χ1) is 35.6. The van der Waals surface area contributed by atoms with E-state index < -0.39 is 5.41 Å². The third-order valence-corrected chi connectivity index (χ3v) is 15.5. The fraction of sp³-hybridized carbons (Fsp3) is 0.171. The zero-order valence-electron chi connectivity index (χ0n) is 44.3. The molecule has 11 aromatic rings. The molecule has 1 N–H and O–H groups in total. The van der Waals surface area contributed by atoms with Gasteiger partial charge in [0.1, 0.15) is 0 Å². The zero-order chi connectivity index (χ0) is 51.2. The van der Waals surface area contributed by atoms with E-state index in [1.54, 1.807) is 0 Å². The summed E-state index contributed by atoms with van der Waals surface area (Å²) in [7, 11) is 0. The molecule has 3 heteroatoms. The van der Waals surface area contributed by atoms with Gasteiger partial charge in [-0.15, -0.1) is 11.3 Å². The molecule has 12 rings (SSSR count). The molecule has 2 nitrogen and oxygen atoms in total. The number of rotatable bonds is 7. The molecule has 364 valence electrons. The van der Waals surface area contributed by atoms with Crippen molar-refractivity contribution in [1.82, 2.24) is 0 Å². The van der Waals surface area contributed by atoms with Gasteiger partial charge in [-0.3, -0.25) is 0 Å². The molecule has 1 aliphatic rings. The predicted octanol–water partition coefficient (Wildman–Crippen LogP) is 20.0. The number of anilines is 4. The van der Waals surface area contributed by atoms with E-state index in [-0.39, 0.29) is 0 Å². The van der Waals surface area contributed by atoms with E-state index >= 15 is 0 Å². The molecule has 0 aliphatic heterocycles. The highest BCUT2D eigenvalue weighted by atomic mass is 32.1. The molecule has 0 bridgehead atoms. The number of fused-ring (bicyclic) bond motifs is 8. The van der Waals surface area contributed by atoms with Crippen LogP contribution >= 0.6 is 11.3 Å². The second-order valence-corrected chi connectivity index (χ2v) is 20.3. The van der Waals surface area contributed by atoms with Crippen LogP contribution in [-0.2, 0) is 5.41 Å². The minimum Gasteiger partial charge on any atom is -0.385 e. The summed E-state index contributed by atoms with van der Waals surface area (Å²) < 4.78 is 2.77. The molecule has 0 radical (unpaired) electrons. The van der Waals surface area contributed by atoms with Crippen molar-refractivity contribution in [3.63, 3.8) is 0 Å². The molecule has 0 atom stereocenters. The first kappa shape index (κ1) is 50.2. The number of hydrogen-bond donors (Lipinski definition) is 1. The molecule has 0 amide bonds. The molecule has 0 fully saturated rings. The van der Waals surface area contributed by atoms with Crippen LogP contribution in [0, 0.1) is 48.5 Å². The van der Waals surface area contributed by atoms with E-state index in [1.807, 2.05) is 25.2 Å². The highest BCUT2D eigenvalue weighted by molar-refractivity contribution is 7.25. The highest BCUT2D eigenvalue weighted by Crippen LogP contribution is 2.60. The molecule has 1 aliphatic carbocycles. The number of hydrogen-bond acceptors (Lipinski definition) is 3. The maximum atomic E-state index is 3.30. The van der Waals surface area contributed by atoms with Crippen LogP contribution in [0.5, 0.6) is 0 Å². The van der Waals surface area contributed by atoms with Crippen molar-refractivity contribution in [2.45, 2.75) is 74.7 Å². The van der Waals surface area contributed by atoms with Gasteiger partial charge in [-0.05, 0) is 159 Å². The number of nitrogens with zero attached hydrogens (tertiary/aromatic N) is 1. The van der Waals surface area contributed by atoms with Crippen LogP contribution in [0.1, 0.15) is 82.0 Å². The number of aryl methyl sites for hydroxylation is 6. The molecule has 10 aromatic carbocycles. The van der Waals surface area contributed by atoms with Gasteiger partial charge in [-0.2, -0.15) is 0 Å². The second kappa shape index (κ2) is 22.0. The lowest BCUT2D eigenvalue weighted by Crippen LogP contribution is -2.29. The Balaban J connectivity index is 0.000000196. The van der Waals surface area contributed by atoms with Crippen molar-refractivity contribution in [3.8, 4) is 11.1 Å². The van der Waals surface area contributed by atoms with Crippen LogP contribution in [0.15, 0.2) is 212 Å². The highest BCUT2D eigenvalue weighted by Gasteiger charge is 2.47. The number of thiophene rings is 1. The Kier molecular flexibility index (Phi) is 15.1. The molecular weight excluding hydrogens is 901 g/mol. The van der Waals surface area contributed by atoms with Crippen molar-refractivity contribution in [1.29, 1.82) is 0 Å². The van der Waals surface area contributed by atoms with Crippen LogP contribution in [0.25, 0.3) is 42.1 Å². The van der Waals surface area contributed by atoms with E-state index in [2.05, 4.69) is 278 Å². The number of nitrogens with one attached hydrogen (secondary N) is 1. The van der Waals surface area contributed by atoms with Crippen LogP contribution in [0.2, 0.25) is 0 Å². The summed E-state index contributed by atoms with van der Waals surface area (Å²) in [5.41, 5.74) is 21.2. The fourth-order valence-electron chi connectivity index (χ4n) is 10.7. The lowest BCUT2D eigenvalue weighted by Gasteiger charge is -2.35. The third kappa shape index (κ3) is 9.71. The summed E-state index contributed by atoms with van der Waals surface area (Å²) in [5.74, 6) is 0. The Bertz CT molecular complexity index is 3640. The van der Waals surface area contributed by atoms with Gasteiger partial charge in [0.25, 0.3) is 0 Å². The van der Waals surface area contributed by atoms with Gasteiger partial charge in [0.2, 0.25) is 0 Å². The summed E-state index contributed by atoms with van der Waals surface area (Å²) >= 11 is 1.87. The van der Waals surface area contributed by atoms with Crippen LogP contribution in [0.4, 0.5) is 22.7 Å². The van der Waals surface area contributed by atoms with Gasteiger partial charge < -0.3 is 10.2 Å². The minimum absolute atomic E-state index is 0.488. The van der Waals surface area contributed by atoms with E-state index in [1.165, 1.54) is 120 Å². The Morgan fingerprint density at radius 3 is 1.66 bits per heavy atom. The molecule has 0 unspecified atom stereocenters. The zero-order valence-corrected chi connectivity index (χ0v) is 45.1. The van der Waals surface area contributed by atoms with E-state index in [4.69, 9.17) is 0 Å². The normalized spacial score (nSPS) is 11.9. The van der Waals surface area contributed by atoms with Crippen molar-refractivity contribution < 1.29 is 0 Å². The second-order valence-electron chi connectivity index (χ2n) is 19.2. The monoisotopic (exact) mass is 969 g/mol. The van der Waals surface area contributed by atoms with Gasteiger partial charge in [0.15, 0.2) is 0 Å². The summed E-state index contributed by atoms with van der Waals surface area (Å²) in [6.07, 6.45) is 0. The van der Waals surface area contributed by atoms with Gasteiger partial charge in [-0.25, -0.2) is 0 Å². The van der Waals surface area contributed by atoms with Crippen molar-refractivity contribution in [2.75, 3.05) is 16.8 Å². The van der Waals surface area contributed by atoms with Crippen molar-refractivity contribution >= 4 is 65.0 Å². The quantitative estimate of drug-likeness (QED) is 0.171. The van der Waals surface area contributed by atoms with Gasteiger partial charge in [0, 0.05) is 49.2 Å². The Morgan fingerprint density at radius 1 is 0.425 bits per heavy atom. The fourth-order valence-corrected chi connectivity index (χ4v) is 11.8. The van der Waals surface area contributed by atoms with Gasteiger partial charge in [-0.1, -0.05) is 200 Å². The Labute approximate surface area is 438 Å². The lowest BCUT2D eigenvalue weighted by atomic mass is 9.67. The maximum Gasteiger partial charge on any atom is 0.0714 e. The largest absolute Gasteiger partial charge is 0.385 e. The number of benzene rings is 10. The van der Waals surface area contributed by atoms with Crippen molar-refractivity contribution in [2.24, 2.45) is 0 Å². The predicted molar refractivity (Wildman–Crippen MR) is 320 cm³/mol. The smallest absolute Gasteiger partial charge is 0.0714 e. The van der Waals surface area contributed by atoms with Gasteiger partial charge in [0.05, 0.1) is 11.1 Å². The van der Waals surface area contributed by atoms with Gasteiger partial charge >= 0.3 is 0 Å².